The molecule has 0 spiro atoms. The zero-order chi connectivity index (χ0) is 15.8. The molecule has 1 fully saturated rings. The third-order valence-electron chi connectivity index (χ3n) is 5.01. The molecule has 0 saturated carbocycles. The van der Waals surface area contributed by atoms with Crippen molar-refractivity contribution in [3.05, 3.63) is 34.4 Å². The fraction of sp³-hybridized carbons (Fsp3) is 0.632. The lowest BCUT2D eigenvalue weighted by Crippen LogP contribution is -2.30. The van der Waals surface area contributed by atoms with Gasteiger partial charge in [-0.2, -0.15) is 0 Å². The first-order valence-corrected chi connectivity index (χ1v) is 8.02. The third kappa shape index (κ3) is 3.74. The standard InChI is InChI=1S/C19H29NO/c1-13-9-15(3)17(10-14(13)2)18(21)12-20-8-7-16(11-20)19(4,5)6/h9-10,16H,7-8,11-12H2,1-6H3. The van der Waals surface area contributed by atoms with E-state index in [0.29, 0.717) is 17.9 Å². The molecule has 21 heavy (non-hydrogen) atoms. The number of benzene rings is 1. The number of hydrogen-bond donors (Lipinski definition) is 0. The summed E-state index contributed by atoms with van der Waals surface area (Å²) in [5.74, 6) is 0.969. The number of likely N-dealkylation sites (tertiary alicyclic amines) is 1. The molecule has 1 heterocycles. The van der Waals surface area contributed by atoms with Crippen molar-refractivity contribution in [1.82, 2.24) is 4.90 Å². The highest BCUT2D eigenvalue weighted by molar-refractivity contribution is 5.99. The summed E-state index contributed by atoms with van der Waals surface area (Å²) in [5.41, 5.74) is 4.82. The normalized spacial score (nSPS) is 20.0. The van der Waals surface area contributed by atoms with Crippen molar-refractivity contribution in [3.63, 3.8) is 0 Å². The van der Waals surface area contributed by atoms with Gasteiger partial charge >= 0.3 is 0 Å². The van der Waals surface area contributed by atoms with E-state index in [4.69, 9.17) is 0 Å². The smallest absolute Gasteiger partial charge is 0.177 e. The molecule has 1 atom stereocenters. The topological polar surface area (TPSA) is 20.3 Å². The monoisotopic (exact) mass is 287 g/mol. The summed E-state index contributed by atoms with van der Waals surface area (Å²) in [7, 11) is 0. The van der Waals surface area contributed by atoms with Crippen molar-refractivity contribution in [1.29, 1.82) is 0 Å². The maximum absolute atomic E-state index is 12.6. The van der Waals surface area contributed by atoms with Crippen LogP contribution in [0.5, 0.6) is 0 Å². The first-order valence-electron chi connectivity index (χ1n) is 8.02. The SMILES string of the molecule is Cc1cc(C)c(C(=O)CN2CCC(C(C)(C)C)C2)cc1C. The van der Waals surface area contributed by atoms with Crippen molar-refractivity contribution in [2.75, 3.05) is 19.6 Å². The predicted octanol–water partition coefficient (Wildman–Crippen LogP) is 4.16. The molecule has 0 amide bonds. The zero-order valence-electron chi connectivity index (χ0n) is 14.4. The summed E-state index contributed by atoms with van der Waals surface area (Å²) in [5, 5.41) is 0. The molecule has 1 aliphatic heterocycles. The van der Waals surface area contributed by atoms with E-state index in [9.17, 15) is 4.79 Å². The molecule has 2 heteroatoms. The van der Waals surface area contributed by atoms with Gasteiger partial charge in [-0.1, -0.05) is 26.8 Å². The predicted molar refractivity (Wildman–Crippen MR) is 89.0 cm³/mol. The molecule has 0 N–H and O–H groups in total. The maximum Gasteiger partial charge on any atom is 0.177 e. The average molecular weight is 287 g/mol. The van der Waals surface area contributed by atoms with Crippen molar-refractivity contribution in [2.45, 2.75) is 48.0 Å². The van der Waals surface area contributed by atoms with Crippen LogP contribution in [0.2, 0.25) is 0 Å². The minimum absolute atomic E-state index is 0.269. The Morgan fingerprint density at radius 2 is 1.76 bits per heavy atom. The Hall–Kier alpha value is -1.15. The minimum Gasteiger partial charge on any atom is -0.295 e. The molecule has 0 aliphatic carbocycles. The number of nitrogens with zero attached hydrogens (tertiary/aromatic N) is 1. The van der Waals surface area contributed by atoms with Crippen LogP contribution in [0, 0.1) is 32.1 Å². The highest BCUT2D eigenvalue weighted by atomic mass is 16.1. The van der Waals surface area contributed by atoms with Gasteiger partial charge in [0, 0.05) is 12.1 Å². The van der Waals surface area contributed by atoms with E-state index < -0.39 is 0 Å². The Balaban J connectivity index is 2.05. The Kier molecular flexibility index (Phi) is 4.57. The Labute approximate surface area is 129 Å². The van der Waals surface area contributed by atoms with Crippen LogP contribution >= 0.6 is 0 Å². The quantitative estimate of drug-likeness (QED) is 0.778. The van der Waals surface area contributed by atoms with Gasteiger partial charge in [0.1, 0.15) is 0 Å². The molecule has 1 aromatic carbocycles. The molecule has 2 rings (SSSR count). The summed E-state index contributed by atoms with van der Waals surface area (Å²) in [6, 6.07) is 4.19. The Morgan fingerprint density at radius 3 is 2.33 bits per heavy atom. The van der Waals surface area contributed by atoms with Gasteiger partial charge in [-0.3, -0.25) is 9.69 Å². The third-order valence-corrected chi connectivity index (χ3v) is 5.01. The van der Waals surface area contributed by atoms with Crippen LogP contribution in [0.3, 0.4) is 0 Å². The lowest BCUT2D eigenvalue weighted by molar-refractivity contribution is 0.0937. The average Bonchev–Trinajstić information content (AvgIpc) is 2.82. The number of hydrogen-bond acceptors (Lipinski definition) is 2. The molecule has 0 aromatic heterocycles. The van der Waals surface area contributed by atoms with Gasteiger partial charge in [-0.25, -0.2) is 0 Å². The number of ketones is 1. The molecule has 1 aromatic rings. The van der Waals surface area contributed by atoms with Gasteiger partial charge < -0.3 is 0 Å². The Morgan fingerprint density at radius 1 is 1.14 bits per heavy atom. The van der Waals surface area contributed by atoms with E-state index in [1.807, 2.05) is 6.92 Å². The molecule has 0 radical (unpaired) electrons. The first kappa shape index (κ1) is 16.2. The fourth-order valence-corrected chi connectivity index (χ4v) is 3.23. The van der Waals surface area contributed by atoms with Gasteiger partial charge in [0.2, 0.25) is 0 Å². The van der Waals surface area contributed by atoms with Gasteiger partial charge in [0.05, 0.1) is 6.54 Å². The first-order chi connectivity index (χ1) is 9.68. The summed E-state index contributed by atoms with van der Waals surface area (Å²) in [6.45, 7) is 15.8. The van der Waals surface area contributed by atoms with E-state index in [2.05, 4.69) is 51.7 Å². The van der Waals surface area contributed by atoms with Crippen molar-refractivity contribution in [3.8, 4) is 0 Å². The van der Waals surface area contributed by atoms with Gasteiger partial charge in [-0.05, 0) is 67.8 Å². The summed E-state index contributed by atoms with van der Waals surface area (Å²) in [6.07, 6.45) is 1.21. The second kappa shape index (κ2) is 5.92. The zero-order valence-corrected chi connectivity index (χ0v) is 14.4. The number of carbonyl (C=O) groups excluding carboxylic acids is 1. The van der Waals surface area contributed by atoms with Crippen LogP contribution in [0.25, 0.3) is 0 Å². The molecule has 2 nitrogen and oxygen atoms in total. The van der Waals surface area contributed by atoms with E-state index >= 15 is 0 Å². The molecule has 0 bridgehead atoms. The maximum atomic E-state index is 12.6. The van der Waals surface area contributed by atoms with Crippen molar-refractivity contribution < 1.29 is 4.79 Å². The number of aryl methyl sites for hydroxylation is 3. The second-order valence-corrected chi connectivity index (χ2v) is 7.76. The number of rotatable bonds is 3. The van der Waals surface area contributed by atoms with Crippen LogP contribution in [-0.2, 0) is 0 Å². The lowest BCUT2D eigenvalue weighted by Gasteiger charge is -2.27. The van der Waals surface area contributed by atoms with Crippen LogP contribution in [0.4, 0.5) is 0 Å². The minimum atomic E-state index is 0.269. The number of carbonyl (C=O) groups is 1. The summed E-state index contributed by atoms with van der Waals surface area (Å²) in [4.78, 5) is 14.9. The van der Waals surface area contributed by atoms with Crippen LogP contribution in [0.15, 0.2) is 12.1 Å². The van der Waals surface area contributed by atoms with Gasteiger partial charge in [-0.15, -0.1) is 0 Å². The second-order valence-electron chi connectivity index (χ2n) is 7.76. The molecular formula is C19H29NO. The molecule has 1 aliphatic rings. The number of Topliss-reactive ketones (excluding diaryl/α,β-unsaturated/α-hetero) is 1. The van der Waals surface area contributed by atoms with E-state index in [-0.39, 0.29) is 5.78 Å². The van der Waals surface area contributed by atoms with Crippen molar-refractivity contribution in [2.24, 2.45) is 11.3 Å². The summed E-state index contributed by atoms with van der Waals surface area (Å²) >= 11 is 0. The molecule has 1 saturated heterocycles. The molecular weight excluding hydrogens is 258 g/mol. The fourth-order valence-electron chi connectivity index (χ4n) is 3.23. The lowest BCUT2D eigenvalue weighted by atomic mass is 9.80. The van der Waals surface area contributed by atoms with E-state index in [0.717, 1.165) is 24.2 Å². The Bertz CT molecular complexity index is 539. The largest absolute Gasteiger partial charge is 0.295 e. The van der Waals surface area contributed by atoms with Crippen LogP contribution < -0.4 is 0 Å². The van der Waals surface area contributed by atoms with Gasteiger partial charge in [0.15, 0.2) is 5.78 Å². The van der Waals surface area contributed by atoms with Gasteiger partial charge in [0.25, 0.3) is 0 Å². The van der Waals surface area contributed by atoms with Crippen LogP contribution in [-0.4, -0.2) is 30.3 Å². The summed E-state index contributed by atoms with van der Waals surface area (Å²) < 4.78 is 0. The van der Waals surface area contributed by atoms with E-state index in [1.165, 1.54) is 17.5 Å². The molecule has 116 valence electrons. The highest BCUT2D eigenvalue weighted by Crippen LogP contribution is 2.33. The van der Waals surface area contributed by atoms with E-state index in [1.54, 1.807) is 0 Å². The van der Waals surface area contributed by atoms with Crippen LogP contribution in [0.1, 0.15) is 54.2 Å². The highest BCUT2D eigenvalue weighted by Gasteiger charge is 2.32. The van der Waals surface area contributed by atoms with Crippen molar-refractivity contribution >= 4 is 5.78 Å². The molecule has 1 unspecified atom stereocenters.